The Morgan fingerprint density at radius 3 is 2.10 bits per heavy atom. The molecule has 0 saturated heterocycles. The lowest BCUT2D eigenvalue weighted by Crippen LogP contribution is -2.36. The van der Waals surface area contributed by atoms with Crippen molar-refractivity contribution in [1.82, 2.24) is 4.90 Å². The van der Waals surface area contributed by atoms with Crippen LogP contribution in [0.1, 0.15) is 62.6 Å². The molecule has 0 aliphatic rings. The van der Waals surface area contributed by atoms with Crippen molar-refractivity contribution in [3.05, 3.63) is 69.7 Å². The van der Waals surface area contributed by atoms with E-state index >= 15 is 0 Å². The molecule has 0 bridgehead atoms. The fourth-order valence-corrected chi connectivity index (χ4v) is 3.31. The Morgan fingerprint density at radius 2 is 1.52 bits per heavy atom. The van der Waals surface area contributed by atoms with E-state index in [1.807, 2.05) is 48.5 Å². The molecule has 5 heteroatoms. The minimum Gasteiger partial charge on any atom is -0.459 e. The minimum atomic E-state index is -0.829. The second kappa shape index (κ2) is 13.7. The molecule has 164 valence electrons. The van der Waals surface area contributed by atoms with Gasteiger partial charge in [-0.1, -0.05) is 78.2 Å². The second-order valence-corrected chi connectivity index (χ2v) is 8.23. The summed E-state index contributed by atoms with van der Waals surface area (Å²) in [4.78, 5) is 26.2. The van der Waals surface area contributed by atoms with E-state index in [0.29, 0.717) is 13.1 Å². The maximum absolute atomic E-state index is 12.6. The number of esters is 1. The van der Waals surface area contributed by atoms with E-state index in [4.69, 9.17) is 4.74 Å². The van der Waals surface area contributed by atoms with Crippen molar-refractivity contribution in [2.45, 2.75) is 59.0 Å². The quantitative estimate of drug-likeness (QED) is 0.194. The van der Waals surface area contributed by atoms with Crippen LogP contribution in [0.2, 0.25) is 0 Å². The fourth-order valence-electron chi connectivity index (χ4n) is 3.05. The maximum atomic E-state index is 12.6. The third-order valence-corrected chi connectivity index (χ3v) is 5.27. The molecule has 2 rings (SSSR count). The van der Waals surface area contributed by atoms with E-state index < -0.39 is 11.9 Å². The first-order valence-electron chi connectivity index (χ1n) is 10.8. The lowest BCUT2D eigenvalue weighted by Gasteiger charge is -2.22. The molecule has 0 atom stereocenters. The molecule has 0 unspecified atom stereocenters. The number of rotatable bonds is 9. The van der Waals surface area contributed by atoms with Gasteiger partial charge in [0.15, 0.2) is 0 Å². The summed E-state index contributed by atoms with van der Waals surface area (Å²) in [6.07, 6.45) is 5.77. The monoisotopic (exact) mass is 483 g/mol. The Hall–Kier alpha value is -2.58. The predicted octanol–water partition coefficient (Wildman–Crippen LogP) is 5.86. The van der Waals surface area contributed by atoms with Crippen molar-refractivity contribution in [2.75, 3.05) is 6.61 Å². The van der Waals surface area contributed by atoms with E-state index in [-0.39, 0.29) is 6.61 Å². The number of unbranched alkanes of at least 4 members (excludes halogenated alkanes) is 4. The average Bonchev–Trinajstić information content (AvgIpc) is 2.78. The van der Waals surface area contributed by atoms with Crippen molar-refractivity contribution in [2.24, 2.45) is 0 Å². The van der Waals surface area contributed by atoms with Crippen LogP contribution in [0.4, 0.5) is 0 Å². The molecule has 0 spiro atoms. The first-order chi connectivity index (χ1) is 15.0. The van der Waals surface area contributed by atoms with Gasteiger partial charge in [-0.2, -0.15) is 0 Å². The molecule has 0 N–H and O–H groups in total. The maximum Gasteiger partial charge on any atom is 0.397 e. The number of ether oxygens (including phenoxy) is 1. The Morgan fingerprint density at radius 1 is 0.903 bits per heavy atom. The fraction of sp³-hybridized carbons (Fsp3) is 0.385. The molecule has 0 heterocycles. The van der Waals surface area contributed by atoms with Gasteiger partial charge in [-0.05, 0) is 48.7 Å². The van der Waals surface area contributed by atoms with Gasteiger partial charge in [-0.3, -0.25) is 4.79 Å². The van der Waals surface area contributed by atoms with Crippen molar-refractivity contribution < 1.29 is 14.3 Å². The lowest BCUT2D eigenvalue weighted by atomic mass is 10.1. The Labute approximate surface area is 194 Å². The topological polar surface area (TPSA) is 46.6 Å². The van der Waals surface area contributed by atoms with E-state index in [9.17, 15) is 9.59 Å². The van der Waals surface area contributed by atoms with Crippen molar-refractivity contribution in [3.8, 4) is 11.8 Å². The zero-order chi connectivity index (χ0) is 22.5. The standard InChI is InChI=1S/C26H30BrNO3/c1-3-5-6-7-8-9-10-21-11-13-22(14-12-21)19-28(25(29)26(30)31-4-2)20-23-15-17-24(27)18-16-23/h11-18H,3-8,19-20H2,1-2H3. The number of carbonyl (C=O) groups is 2. The Balaban J connectivity index is 2.05. The number of benzene rings is 2. The van der Waals surface area contributed by atoms with Crippen LogP contribution in [0, 0.1) is 11.8 Å². The summed E-state index contributed by atoms with van der Waals surface area (Å²) in [5, 5.41) is 0. The van der Waals surface area contributed by atoms with Crippen LogP contribution in [0.25, 0.3) is 0 Å². The van der Waals surface area contributed by atoms with Gasteiger partial charge < -0.3 is 9.64 Å². The van der Waals surface area contributed by atoms with Gasteiger partial charge in [0.05, 0.1) is 6.61 Å². The van der Waals surface area contributed by atoms with Crippen LogP contribution >= 0.6 is 15.9 Å². The highest BCUT2D eigenvalue weighted by molar-refractivity contribution is 9.10. The molecule has 0 aromatic heterocycles. The molecular formula is C26H30BrNO3. The molecule has 2 aromatic carbocycles. The third-order valence-electron chi connectivity index (χ3n) is 4.74. The normalized spacial score (nSPS) is 10.2. The highest BCUT2D eigenvalue weighted by Crippen LogP contribution is 2.15. The summed E-state index contributed by atoms with van der Waals surface area (Å²) < 4.78 is 5.88. The summed E-state index contributed by atoms with van der Waals surface area (Å²) in [6.45, 7) is 4.70. The summed E-state index contributed by atoms with van der Waals surface area (Å²) in [5.74, 6) is 4.95. The zero-order valence-corrected chi connectivity index (χ0v) is 19.9. The van der Waals surface area contributed by atoms with Gasteiger partial charge in [0.2, 0.25) is 0 Å². The van der Waals surface area contributed by atoms with Crippen LogP contribution < -0.4 is 0 Å². The van der Waals surface area contributed by atoms with Crippen molar-refractivity contribution >= 4 is 27.8 Å². The minimum absolute atomic E-state index is 0.169. The summed E-state index contributed by atoms with van der Waals surface area (Å²) in [6, 6.07) is 15.5. The molecular weight excluding hydrogens is 454 g/mol. The number of nitrogens with zero attached hydrogens (tertiary/aromatic N) is 1. The van der Waals surface area contributed by atoms with E-state index in [1.165, 1.54) is 24.2 Å². The predicted molar refractivity (Wildman–Crippen MR) is 127 cm³/mol. The molecule has 0 fully saturated rings. The number of carbonyl (C=O) groups excluding carboxylic acids is 2. The zero-order valence-electron chi connectivity index (χ0n) is 18.3. The molecule has 0 aliphatic heterocycles. The second-order valence-electron chi connectivity index (χ2n) is 7.32. The highest BCUT2D eigenvalue weighted by Gasteiger charge is 2.23. The van der Waals surface area contributed by atoms with Gasteiger partial charge in [-0.25, -0.2) is 4.79 Å². The molecule has 2 aromatic rings. The van der Waals surface area contributed by atoms with Crippen molar-refractivity contribution in [3.63, 3.8) is 0 Å². The van der Waals surface area contributed by atoms with E-state index in [0.717, 1.165) is 34.0 Å². The number of hydrogen-bond acceptors (Lipinski definition) is 3. The summed E-state index contributed by atoms with van der Waals surface area (Å²) in [7, 11) is 0. The summed E-state index contributed by atoms with van der Waals surface area (Å²) in [5.41, 5.74) is 2.82. The van der Waals surface area contributed by atoms with Crippen LogP contribution in [0.3, 0.4) is 0 Å². The van der Waals surface area contributed by atoms with Crippen LogP contribution in [0.15, 0.2) is 53.0 Å². The van der Waals surface area contributed by atoms with Crippen LogP contribution in [0.5, 0.6) is 0 Å². The first-order valence-corrected chi connectivity index (χ1v) is 11.6. The van der Waals surface area contributed by atoms with E-state index in [1.54, 1.807) is 6.92 Å². The first kappa shape index (κ1) is 24.7. The van der Waals surface area contributed by atoms with E-state index in [2.05, 4.69) is 34.7 Å². The number of halogens is 1. The van der Waals surface area contributed by atoms with Gasteiger partial charge in [0, 0.05) is 29.5 Å². The third kappa shape index (κ3) is 8.98. The molecule has 0 radical (unpaired) electrons. The van der Waals surface area contributed by atoms with Gasteiger partial charge in [0.1, 0.15) is 0 Å². The highest BCUT2D eigenvalue weighted by atomic mass is 79.9. The molecule has 1 amide bonds. The van der Waals surface area contributed by atoms with Crippen molar-refractivity contribution in [1.29, 1.82) is 0 Å². The van der Waals surface area contributed by atoms with Gasteiger partial charge >= 0.3 is 11.9 Å². The molecule has 0 aliphatic carbocycles. The molecule has 0 saturated carbocycles. The van der Waals surface area contributed by atoms with Gasteiger partial charge in [-0.15, -0.1) is 0 Å². The Kier molecular flexibility index (Phi) is 10.9. The SMILES string of the molecule is CCCCCCC#Cc1ccc(CN(Cc2ccc(Br)cc2)C(=O)C(=O)OCC)cc1. The lowest BCUT2D eigenvalue weighted by molar-refractivity contribution is -0.160. The molecule has 31 heavy (non-hydrogen) atoms. The van der Waals surface area contributed by atoms with Crippen LogP contribution in [-0.4, -0.2) is 23.4 Å². The molecule has 4 nitrogen and oxygen atoms in total. The average molecular weight is 484 g/mol. The number of hydrogen-bond donors (Lipinski definition) is 0. The Bertz CT molecular complexity index is 895. The number of amides is 1. The van der Waals surface area contributed by atoms with Gasteiger partial charge in [0.25, 0.3) is 0 Å². The van der Waals surface area contributed by atoms with Crippen LogP contribution in [-0.2, 0) is 27.4 Å². The smallest absolute Gasteiger partial charge is 0.397 e. The summed E-state index contributed by atoms with van der Waals surface area (Å²) >= 11 is 3.41. The largest absolute Gasteiger partial charge is 0.459 e.